The van der Waals surface area contributed by atoms with Crippen LogP contribution in [0.25, 0.3) is 0 Å². The normalized spacial score (nSPS) is 22.2. The number of hydrogen-bond acceptors (Lipinski definition) is 3. The molecule has 164 valence electrons. The smallest absolute Gasteiger partial charge is 0.253 e. The molecule has 6 heteroatoms. The van der Waals surface area contributed by atoms with E-state index in [9.17, 15) is 9.59 Å². The second-order valence-electron chi connectivity index (χ2n) is 8.67. The van der Waals surface area contributed by atoms with Crippen molar-refractivity contribution >= 4 is 23.4 Å². The summed E-state index contributed by atoms with van der Waals surface area (Å²) >= 11 is 5.93. The van der Waals surface area contributed by atoms with Gasteiger partial charge < -0.3 is 10.2 Å². The largest absolute Gasteiger partial charge is 0.352 e. The molecule has 0 bridgehead atoms. The van der Waals surface area contributed by atoms with Crippen molar-refractivity contribution in [3.05, 3.63) is 70.7 Å². The van der Waals surface area contributed by atoms with Crippen molar-refractivity contribution in [2.75, 3.05) is 26.2 Å². The van der Waals surface area contributed by atoms with Gasteiger partial charge in [-0.3, -0.25) is 14.5 Å². The summed E-state index contributed by atoms with van der Waals surface area (Å²) in [6, 6.07) is 17.6. The molecule has 2 aromatic rings. The van der Waals surface area contributed by atoms with Crippen molar-refractivity contribution in [3.8, 4) is 0 Å². The molecule has 31 heavy (non-hydrogen) atoms. The molecule has 2 unspecified atom stereocenters. The molecule has 2 atom stereocenters. The minimum atomic E-state index is -0.144. The van der Waals surface area contributed by atoms with Crippen LogP contribution in [0.2, 0.25) is 5.02 Å². The van der Waals surface area contributed by atoms with Crippen LogP contribution in [0.5, 0.6) is 0 Å². The van der Waals surface area contributed by atoms with E-state index in [-0.39, 0.29) is 23.8 Å². The zero-order valence-electron chi connectivity index (χ0n) is 17.8. The molecule has 2 fully saturated rings. The fourth-order valence-corrected chi connectivity index (χ4v) is 4.75. The molecule has 2 amide bonds. The molecule has 2 aromatic carbocycles. The maximum absolute atomic E-state index is 13.0. The summed E-state index contributed by atoms with van der Waals surface area (Å²) in [7, 11) is 0. The van der Waals surface area contributed by atoms with Crippen LogP contribution in [-0.4, -0.2) is 53.8 Å². The van der Waals surface area contributed by atoms with Crippen molar-refractivity contribution < 1.29 is 9.59 Å². The first-order valence-electron chi connectivity index (χ1n) is 11.2. The quantitative estimate of drug-likeness (QED) is 0.766. The number of piperidine rings is 2. The van der Waals surface area contributed by atoms with Gasteiger partial charge in [0.2, 0.25) is 5.91 Å². The Morgan fingerprint density at radius 2 is 1.68 bits per heavy atom. The predicted molar refractivity (Wildman–Crippen MR) is 123 cm³/mol. The number of halogens is 1. The third-order valence-electron chi connectivity index (χ3n) is 6.27. The lowest BCUT2D eigenvalue weighted by Crippen LogP contribution is -2.51. The average molecular weight is 440 g/mol. The third kappa shape index (κ3) is 5.86. The molecule has 0 saturated carbocycles. The van der Waals surface area contributed by atoms with Gasteiger partial charge in [0.15, 0.2) is 0 Å². The van der Waals surface area contributed by atoms with Gasteiger partial charge in [-0.2, -0.15) is 0 Å². The number of rotatable bonds is 5. The molecule has 0 spiro atoms. The van der Waals surface area contributed by atoms with Gasteiger partial charge in [-0.15, -0.1) is 0 Å². The van der Waals surface area contributed by atoms with Crippen LogP contribution in [0.1, 0.15) is 41.6 Å². The van der Waals surface area contributed by atoms with Crippen molar-refractivity contribution in [1.29, 1.82) is 0 Å². The molecule has 2 saturated heterocycles. The van der Waals surface area contributed by atoms with Gasteiger partial charge in [0.25, 0.3) is 5.91 Å². The summed E-state index contributed by atoms with van der Waals surface area (Å²) in [5.41, 5.74) is 1.92. The van der Waals surface area contributed by atoms with Crippen LogP contribution in [-0.2, 0) is 11.3 Å². The summed E-state index contributed by atoms with van der Waals surface area (Å²) in [4.78, 5) is 30.0. The second kappa shape index (κ2) is 10.3. The maximum Gasteiger partial charge on any atom is 0.253 e. The summed E-state index contributed by atoms with van der Waals surface area (Å²) in [5.74, 6) is -0.0875. The van der Waals surface area contributed by atoms with E-state index in [1.807, 2.05) is 6.07 Å². The Morgan fingerprint density at radius 1 is 0.935 bits per heavy atom. The number of carbonyl (C=O) groups excluding carboxylic acids is 2. The molecule has 5 nitrogen and oxygen atoms in total. The first-order chi connectivity index (χ1) is 15.1. The number of nitrogens with one attached hydrogen (secondary N) is 1. The molecule has 4 rings (SSSR count). The number of amides is 2. The lowest BCUT2D eigenvalue weighted by Gasteiger charge is -2.36. The fourth-order valence-electron chi connectivity index (χ4n) is 4.63. The molecule has 0 radical (unpaired) electrons. The SMILES string of the molecule is O=C(NC1CCCN(Cc2ccccc2)C1)C1CCCN(C(=O)c2ccc(Cl)cc2)C1. The van der Waals surface area contributed by atoms with Gasteiger partial charge in [0, 0.05) is 42.8 Å². The highest BCUT2D eigenvalue weighted by Gasteiger charge is 2.31. The van der Waals surface area contributed by atoms with E-state index in [0.29, 0.717) is 23.7 Å². The van der Waals surface area contributed by atoms with Gasteiger partial charge >= 0.3 is 0 Å². The van der Waals surface area contributed by atoms with Crippen molar-refractivity contribution in [3.63, 3.8) is 0 Å². The van der Waals surface area contributed by atoms with Crippen LogP contribution in [0, 0.1) is 5.92 Å². The fraction of sp³-hybridized carbons (Fsp3) is 0.440. The van der Waals surface area contributed by atoms with E-state index in [4.69, 9.17) is 11.6 Å². The number of carbonyl (C=O) groups is 2. The van der Waals surface area contributed by atoms with Crippen molar-refractivity contribution in [1.82, 2.24) is 15.1 Å². The van der Waals surface area contributed by atoms with Gasteiger partial charge in [-0.1, -0.05) is 41.9 Å². The number of nitrogens with zero attached hydrogens (tertiary/aromatic N) is 2. The zero-order valence-corrected chi connectivity index (χ0v) is 18.6. The molecular weight excluding hydrogens is 410 g/mol. The van der Waals surface area contributed by atoms with Crippen LogP contribution in [0.15, 0.2) is 54.6 Å². The van der Waals surface area contributed by atoms with E-state index >= 15 is 0 Å². The standard InChI is InChI=1S/C25H30ClN3O2/c26-22-12-10-20(11-13-22)25(31)29-15-4-8-21(17-29)24(30)27-23-9-5-14-28(18-23)16-19-6-2-1-3-7-19/h1-3,6-7,10-13,21,23H,4-5,8-9,14-18H2,(H,27,30). The Hall–Kier alpha value is -2.37. The van der Waals surface area contributed by atoms with Gasteiger partial charge in [0.05, 0.1) is 5.92 Å². The third-order valence-corrected chi connectivity index (χ3v) is 6.52. The molecule has 0 aromatic heterocycles. The predicted octanol–water partition coefficient (Wildman–Crippen LogP) is 3.97. The summed E-state index contributed by atoms with van der Waals surface area (Å²) < 4.78 is 0. The zero-order chi connectivity index (χ0) is 21.6. The van der Waals surface area contributed by atoms with Crippen molar-refractivity contribution in [2.45, 2.75) is 38.3 Å². The summed E-state index contributed by atoms with van der Waals surface area (Å²) in [6.07, 6.45) is 3.78. The lowest BCUT2D eigenvalue weighted by atomic mass is 9.95. The Kier molecular flexibility index (Phi) is 7.25. The molecule has 1 N–H and O–H groups in total. The lowest BCUT2D eigenvalue weighted by molar-refractivity contribution is -0.127. The Balaban J connectivity index is 1.30. The highest BCUT2D eigenvalue weighted by atomic mass is 35.5. The van der Waals surface area contributed by atoms with Gasteiger partial charge in [-0.05, 0) is 62.1 Å². The Labute approximate surface area is 189 Å². The first-order valence-corrected chi connectivity index (χ1v) is 11.6. The van der Waals surface area contributed by atoms with E-state index in [2.05, 4.69) is 34.5 Å². The molecule has 2 aliphatic heterocycles. The van der Waals surface area contributed by atoms with Crippen molar-refractivity contribution in [2.24, 2.45) is 5.92 Å². The summed E-state index contributed by atoms with van der Waals surface area (Å²) in [5, 5.41) is 3.89. The maximum atomic E-state index is 13.0. The average Bonchev–Trinajstić information content (AvgIpc) is 2.80. The van der Waals surface area contributed by atoms with E-state index in [1.54, 1.807) is 29.2 Å². The molecular formula is C25H30ClN3O2. The van der Waals surface area contributed by atoms with E-state index in [0.717, 1.165) is 45.3 Å². The van der Waals surface area contributed by atoms with E-state index < -0.39 is 0 Å². The number of benzene rings is 2. The van der Waals surface area contributed by atoms with Crippen LogP contribution < -0.4 is 5.32 Å². The second-order valence-corrected chi connectivity index (χ2v) is 9.10. The molecule has 0 aliphatic carbocycles. The molecule has 2 heterocycles. The Morgan fingerprint density at radius 3 is 2.45 bits per heavy atom. The highest BCUT2D eigenvalue weighted by Crippen LogP contribution is 2.21. The van der Waals surface area contributed by atoms with Gasteiger partial charge in [-0.25, -0.2) is 0 Å². The number of hydrogen-bond donors (Lipinski definition) is 1. The van der Waals surface area contributed by atoms with Crippen LogP contribution >= 0.6 is 11.6 Å². The highest BCUT2D eigenvalue weighted by molar-refractivity contribution is 6.30. The first kappa shape index (κ1) is 21.8. The van der Waals surface area contributed by atoms with Gasteiger partial charge in [0.1, 0.15) is 0 Å². The van der Waals surface area contributed by atoms with Crippen LogP contribution in [0.3, 0.4) is 0 Å². The topological polar surface area (TPSA) is 52.7 Å². The van der Waals surface area contributed by atoms with E-state index in [1.165, 1.54) is 5.56 Å². The summed E-state index contributed by atoms with van der Waals surface area (Å²) in [6.45, 7) is 4.03. The Bertz CT molecular complexity index is 887. The number of likely N-dealkylation sites (tertiary alicyclic amines) is 2. The minimum Gasteiger partial charge on any atom is -0.352 e. The molecule has 2 aliphatic rings. The monoisotopic (exact) mass is 439 g/mol. The minimum absolute atomic E-state index is 0.0270. The van der Waals surface area contributed by atoms with Crippen LogP contribution in [0.4, 0.5) is 0 Å².